The number of hydrogen-bond acceptors (Lipinski definition) is 3. The van der Waals surface area contributed by atoms with Crippen molar-refractivity contribution in [2.45, 2.75) is 25.3 Å². The first-order valence-electron chi connectivity index (χ1n) is 5.22. The molecular weight excluding hydrogens is 226 g/mol. The summed E-state index contributed by atoms with van der Waals surface area (Å²) in [6.45, 7) is 0. The van der Waals surface area contributed by atoms with Crippen LogP contribution in [0.3, 0.4) is 0 Å². The van der Waals surface area contributed by atoms with Crippen LogP contribution in [0.1, 0.15) is 30.2 Å². The molecule has 1 saturated carbocycles. The molecule has 1 aromatic heterocycles. The lowest BCUT2D eigenvalue weighted by Crippen LogP contribution is -2.33. The van der Waals surface area contributed by atoms with Gasteiger partial charge in [-0.15, -0.1) is 11.3 Å². The van der Waals surface area contributed by atoms with E-state index in [-0.39, 0.29) is 5.91 Å². The number of carboxylic acid groups (broad SMARTS) is 1. The van der Waals surface area contributed by atoms with Gasteiger partial charge in [0, 0.05) is 11.3 Å². The summed E-state index contributed by atoms with van der Waals surface area (Å²) in [5.74, 6) is -0.701. The van der Waals surface area contributed by atoms with Crippen molar-refractivity contribution in [2.75, 3.05) is 0 Å². The van der Waals surface area contributed by atoms with Gasteiger partial charge in [-0.1, -0.05) is 6.07 Å². The lowest BCUT2D eigenvalue weighted by Gasteiger charge is -2.12. The highest BCUT2D eigenvalue weighted by atomic mass is 32.1. The van der Waals surface area contributed by atoms with E-state index in [4.69, 9.17) is 5.11 Å². The quantitative estimate of drug-likeness (QED) is 0.823. The lowest BCUT2D eigenvalue weighted by atomic mass is 10.2. The summed E-state index contributed by atoms with van der Waals surface area (Å²) in [4.78, 5) is 23.2. The van der Waals surface area contributed by atoms with Crippen LogP contribution in [0.5, 0.6) is 0 Å². The van der Waals surface area contributed by atoms with Gasteiger partial charge < -0.3 is 10.4 Å². The second-order valence-electron chi connectivity index (χ2n) is 4.00. The molecule has 1 heterocycles. The van der Waals surface area contributed by atoms with Crippen molar-refractivity contribution < 1.29 is 14.7 Å². The number of nitrogens with one attached hydrogen (secondary N) is 1. The molecule has 0 bridgehead atoms. The van der Waals surface area contributed by atoms with Crippen molar-refractivity contribution >= 4 is 23.2 Å². The average molecular weight is 239 g/mol. The van der Waals surface area contributed by atoms with Crippen LogP contribution in [0.15, 0.2) is 17.5 Å². The molecule has 1 atom stereocenters. The van der Waals surface area contributed by atoms with Crippen LogP contribution in [-0.4, -0.2) is 17.0 Å². The Morgan fingerprint density at radius 1 is 1.56 bits per heavy atom. The molecule has 1 fully saturated rings. The Morgan fingerprint density at radius 2 is 2.31 bits per heavy atom. The van der Waals surface area contributed by atoms with Crippen molar-refractivity contribution in [3.63, 3.8) is 0 Å². The molecule has 0 aromatic carbocycles. The molecule has 0 saturated heterocycles. The lowest BCUT2D eigenvalue weighted by molar-refractivity contribution is -0.142. The molecule has 1 unspecified atom stereocenters. The summed E-state index contributed by atoms with van der Waals surface area (Å²) in [6.07, 6.45) is 2.63. The summed E-state index contributed by atoms with van der Waals surface area (Å²) in [5, 5.41) is 13.4. The van der Waals surface area contributed by atoms with Gasteiger partial charge in [0.2, 0.25) is 5.91 Å². The summed E-state index contributed by atoms with van der Waals surface area (Å²) in [5.41, 5.74) is 0. The summed E-state index contributed by atoms with van der Waals surface area (Å²) in [7, 11) is 0. The number of carbonyl (C=O) groups is 2. The molecule has 1 aromatic rings. The normalized spacial score (nSPS) is 16.8. The van der Waals surface area contributed by atoms with E-state index < -0.39 is 12.0 Å². The van der Waals surface area contributed by atoms with Gasteiger partial charge >= 0.3 is 5.97 Å². The van der Waals surface area contributed by atoms with Gasteiger partial charge in [-0.3, -0.25) is 4.79 Å². The molecule has 16 heavy (non-hydrogen) atoms. The van der Waals surface area contributed by atoms with Crippen LogP contribution in [0.2, 0.25) is 0 Å². The number of thiophene rings is 1. The fraction of sp³-hybridized carbons (Fsp3) is 0.455. The van der Waals surface area contributed by atoms with Gasteiger partial charge in [0.15, 0.2) is 6.04 Å². The molecule has 1 aliphatic rings. The maximum Gasteiger partial charge on any atom is 0.331 e. The molecule has 1 amide bonds. The molecule has 0 radical (unpaired) electrons. The molecule has 4 nitrogen and oxygen atoms in total. The zero-order chi connectivity index (χ0) is 11.5. The van der Waals surface area contributed by atoms with Crippen LogP contribution in [0.25, 0.3) is 0 Å². The second kappa shape index (κ2) is 4.65. The van der Waals surface area contributed by atoms with Gasteiger partial charge in [-0.25, -0.2) is 4.79 Å². The predicted molar refractivity (Wildman–Crippen MR) is 60.2 cm³/mol. The number of carbonyl (C=O) groups excluding carboxylic acids is 1. The van der Waals surface area contributed by atoms with Crippen LogP contribution in [0.4, 0.5) is 0 Å². The van der Waals surface area contributed by atoms with Gasteiger partial charge in [0.05, 0.1) is 0 Å². The van der Waals surface area contributed by atoms with Crippen molar-refractivity contribution in [1.82, 2.24) is 5.32 Å². The topological polar surface area (TPSA) is 66.4 Å². The molecule has 2 N–H and O–H groups in total. The third-order valence-electron chi connectivity index (χ3n) is 2.55. The first-order valence-corrected chi connectivity index (χ1v) is 6.10. The minimum atomic E-state index is -1.01. The van der Waals surface area contributed by atoms with E-state index in [0.717, 1.165) is 12.8 Å². The Labute approximate surface area is 97.3 Å². The third-order valence-corrected chi connectivity index (χ3v) is 3.49. The smallest absolute Gasteiger partial charge is 0.331 e. The minimum Gasteiger partial charge on any atom is -0.479 e. The SMILES string of the molecule is O=C(CC1CC1)NC(C(=O)O)c1cccs1. The van der Waals surface area contributed by atoms with Crippen molar-refractivity contribution in [3.8, 4) is 0 Å². The highest BCUT2D eigenvalue weighted by Crippen LogP contribution is 2.32. The number of rotatable bonds is 5. The molecular formula is C11H13NO3S. The Bertz CT molecular complexity index is 384. The van der Waals surface area contributed by atoms with Gasteiger partial charge in [0.1, 0.15) is 0 Å². The molecule has 86 valence electrons. The Morgan fingerprint density at radius 3 is 2.81 bits per heavy atom. The fourth-order valence-corrected chi connectivity index (χ4v) is 2.28. The van der Waals surface area contributed by atoms with Gasteiger partial charge in [-0.2, -0.15) is 0 Å². The average Bonchev–Trinajstić information content (AvgIpc) is 2.87. The number of hydrogen-bond donors (Lipinski definition) is 2. The molecule has 2 rings (SSSR count). The van der Waals surface area contributed by atoms with Gasteiger partial charge in [0.25, 0.3) is 0 Å². The maximum atomic E-state index is 11.5. The van der Waals surface area contributed by atoms with Crippen LogP contribution >= 0.6 is 11.3 Å². The zero-order valence-corrected chi connectivity index (χ0v) is 9.50. The van der Waals surface area contributed by atoms with E-state index in [2.05, 4.69) is 5.32 Å². The van der Waals surface area contributed by atoms with Gasteiger partial charge in [-0.05, 0) is 30.2 Å². The maximum absolute atomic E-state index is 11.5. The largest absolute Gasteiger partial charge is 0.479 e. The van der Waals surface area contributed by atoms with E-state index in [1.807, 2.05) is 0 Å². The predicted octanol–water partition coefficient (Wildman–Crippen LogP) is 1.79. The molecule has 5 heteroatoms. The fourth-order valence-electron chi connectivity index (χ4n) is 1.51. The third kappa shape index (κ3) is 2.82. The molecule has 0 spiro atoms. The number of amides is 1. The molecule has 1 aliphatic carbocycles. The molecule has 0 aliphatic heterocycles. The van der Waals surface area contributed by atoms with Crippen molar-refractivity contribution in [2.24, 2.45) is 5.92 Å². The van der Waals surface area contributed by atoms with E-state index in [9.17, 15) is 9.59 Å². The van der Waals surface area contributed by atoms with Crippen LogP contribution in [0, 0.1) is 5.92 Å². The first-order chi connectivity index (χ1) is 7.66. The minimum absolute atomic E-state index is 0.164. The summed E-state index contributed by atoms with van der Waals surface area (Å²) >= 11 is 1.34. The number of aliphatic carboxylic acids is 1. The van der Waals surface area contributed by atoms with Crippen molar-refractivity contribution in [1.29, 1.82) is 0 Å². The Hall–Kier alpha value is -1.36. The Balaban J connectivity index is 1.97. The van der Waals surface area contributed by atoms with E-state index in [1.54, 1.807) is 17.5 Å². The Kier molecular flexibility index (Phi) is 3.24. The summed E-state index contributed by atoms with van der Waals surface area (Å²) < 4.78 is 0. The van der Waals surface area contributed by atoms with Crippen LogP contribution < -0.4 is 5.32 Å². The van der Waals surface area contributed by atoms with Crippen LogP contribution in [-0.2, 0) is 9.59 Å². The second-order valence-corrected chi connectivity index (χ2v) is 4.98. The van der Waals surface area contributed by atoms with E-state index >= 15 is 0 Å². The zero-order valence-electron chi connectivity index (χ0n) is 8.68. The van der Waals surface area contributed by atoms with Crippen molar-refractivity contribution in [3.05, 3.63) is 22.4 Å². The van der Waals surface area contributed by atoms with E-state index in [0.29, 0.717) is 17.2 Å². The standard InChI is InChI=1S/C11H13NO3S/c13-9(6-7-3-4-7)12-10(11(14)15)8-2-1-5-16-8/h1-2,5,7,10H,3-4,6H2,(H,12,13)(H,14,15). The monoisotopic (exact) mass is 239 g/mol. The van der Waals surface area contributed by atoms with E-state index in [1.165, 1.54) is 11.3 Å². The summed E-state index contributed by atoms with van der Waals surface area (Å²) in [6, 6.07) is 2.61. The highest BCUT2D eigenvalue weighted by molar-refractivity contribution is 7.10. The number of carboxylic acids is 1. The first kappa shape index (κ1) is 11.1. The highest BCUT2D eigenvalue weighted by Gasteiger charge is 2.28.